The molecule has 0 aromatic heterocycles. The van der Waals surface area contributed by atoms with Crippen molar-refractivity contribution in [2.24, 2.45) is 0 Å². The zero-order chi connectivity index (χ0) is 10.6. The lowest BCUT2D eigenvalue weighted by Crippen LogP contribution is -2.47. The van der Waals surface area contributed by atoms with Crippen LogP contribution in [0, 0.1) is 0 Å². The molecule has 0 bridgehead atoms. The molecule has 0 aromatic rings. The molecular weight excluding hydrogens is 178 g/mol. The number of rotatable bonds is 3. The van der Waals surface area contributed by atoms with Gasteiger partial charge in [-0.1, -0.05) is 19.3 Å². The summed E-state index contributed by atoms with van der Waals surface area (Å²) in [6.07, 6.45) is 5.72. The van der Waals surface area contributed by atoms with Crippen LogP contribution in [-0.2, 0) is 9.59 Å². The summed E-state index contributed by atoms with van der Waals surface area (Å²) in [5.74, 6) is -0.191. The van der Waals surface area contributed by atoms with Gasteiger partial charge in [-0.2, -0.15) is 0 Å². The molecule has 3 nitrogen and oxygen atoms in total. The summed E-state index contributed by atoms with van der Waals surface area (Å²) in [4.78, 5) is 22.1. The Labute approximate surface area is 85.3 Å². The van der Waals surface area contributed by atoms with E-state index in [4.69, 9.17) is 0 Å². The van der Waals surface area contributed by atoms with Crippen molar-refractivity contribution in [1.29, 1.82) is 0 Å². The third-order valence-corrected chi connectivity index (χ3v) is 2.81. The number of carbonyl (C=O) groups excluding carboxylic acids is 2. The maximum Gasteiger partial charge on any atom is 0.227 e. The highest BCUT2D eigenvalue weighted by Gasteiger charge is 2.28. The van der Waals surface area contributed by atoms with Crippen molar-refractivity contribution in [3.63, 3.8) is 0 Å². The van der Waals surface area contributed by atoms with E-state index in [1.165, 1.54) is 26.2 Å². The van der Waals surface area contributed by atoms with Gasteiger partial charge in [-0.15, -0.1) is 0 Å². The minimum atomic E-state index is -0.123. The fraction of sp³-hybridized carbons (Fsp3) is 0.818. The Balaban J connectivity index is 2.41. The van der Waals surface area contributed by atoms with E-state index in [1.807, 2.05) is 0 Å². The van der Waals surface area contributed by atoms with Crippen LogP contribution in [0.15, 0.2) is 0 Å². The van der Waals surface area contributed by atoms with Gasteiger partial charge in [0.25, 0.3) is 0 Å². The third-order valence-electron chi connectivity index (χ3n) is 2.81. The van der Waals surface area contributed by atoms with Crippen LogP contribution in [0.2, 0.25) is 0 Å². The van der Waals surface area contributed by atoms with Crippen LogP contribution in [0.25, 0.3) is 0 Å². The molecule has 1 N–H and O–H groups in total. The van der Waals surface area contributed by atoms with Gasteiger partial charge in [0.15, 0.2) is 0 Å². The van der Waals surface area contributed by atoms with E-state index >= 15 is 0 Å². The molecular formula is C11H19NO2. The number of Topliss-reactive ketones (excluding diaryl/α,β-unsaturated/α-hetero) is 1. The Morgan fingerprint density at radius 2 is 1.79 bits per heavy atom. The van der Waals surface area contributed by atoms with Crippen LogP contribution in [0.5, 0.6) is 0 Å². The van der Waals surface area contributed by atoms with Gasteiger partial charge in [-0.3, -0.25) is 9.59 Å². The van der Waals surface area contributed by atoms with Crippen LogP contribution in [0.4, 0.5) is 0 Å². The lowest BCUT2D eigenvalue weighted by Gasteiger charge is -2.34. The van der Waals surface area contributed by atoms with E-state index in [0.717, 1.165) is 12.8 Å². The van der Waals surface area contributed by atoms with E-state index in [0.29, 0.717) is 0 Å². The lowest BCUT2D eigenvalue weighted by atomic mass is 9.83. The highest BCUT2D eigenvalue weighted by molar-refractivity contribution is 5.97. The number of nitrogens with one attached hydrogen (secondary N) is 1. The molecule has 3 heteroatoms. The summed E-state index contributed by atoms with van der Waals surface area (Å²) >= 11 is 0. The van der Waals surface area contributed by atoms with Gasteiger partial charge < -0.3 is 5.32 Å². The normalized spacial score (nSPS) is 20.1. The minimum absolute atomic E-state index is 0.0234. The smallest absolute Gasteiger partial charge is 0.227 e. The Hall–Kier alpha value is -0.860. The maximum absolute atomic E-state index is 11.4. The molecule has 0 heterocycles. The van der Waals surface area contributed by atoms with E-state index in [9.17, 15) is 9.59 Å². The molecule has 0 spiro atoms. The second-order valence-corrected chi connectivity index (χ2v) is 4.55. The monoisotopic (exact) mass is 197 g/mol. The Morgan fingerprint density at radius 3 is 2.29 bits per heavy atom. The molecule has 0 radical (unpaired) electrons. The van der Waals surface area contributed by atoms with E-state index in [1.54, 1.807) is 0 Å². The van der Waals surface area contributed by atoms with Crippen molar-refractivity contribution >= 4 is 11.7 Å². The summed E-state index contributed by atoms with van der Waals surface area (Å²) < 4.78 is 0. The molecule has 0 saturated heterocycles. The van der Waals surface area contributed by atoms with Crippen LogP contribution in [0.1, 0.15) is 52.4 Å². The zero-order valence-corrected chi connectivity index (χ0v) is 9.06. The Morgan fingerprint density at radius 1 is 1.21 bits per heavy atom. The van der Waals surface area contributed by atoms with Gasteiger partial charge >= 0.3 is 0 Å². The van der Waals surface area contributed by atoms with Gasteiger partial charge in [0.1, 0.15) is 5.78 Å². The van der Waals surface area contributed by atoms with Crippen molar-refractivity contribution in [1.82, 2.24) is 5.32 Å². The molecule has 1 amide bonds. The van der Waals surface area contributed by atoms with Gasteiger partial charge in [-0.05, 0) is 26.7 Å². The summed E-state index contributed by atoms with van der Waals surface area (Å²) in [6, 6.07) is 0. The molecule has 1 saturated carbocycles. The highest BCUT2D eigenvalue weighted by Crippen LogP contribution is 2.27. The molecule has 14 heavy (non-hydrogen) atoms. The molecule has 80 valence electrons. The zero-order valence-electron chi connectivity index (χ0n) is 9.06. The Bertz CT molecular complexity index is 229. The number of carbonyl (C=O) groups is 2. The number of hydrogen-bond acceptors (Lipinski definition) is 2. The first-order valence-electron chi connectivity index (χ1n) is 5.32. The van der Waals surface area contributed by atoms with Crippen molar-refractivity contribution < 1.29 is 9.59 Å². The SMILES string of the molecule is CC(=O)CC(=O)NC1(C)CCCCC1. The first-order valence-corrected chi connectivity index (χ1v) is 5.32. The van der Waals surface area contributed by atoms with Crippen LogP contribution >= 0.6 is 0 Å². The quantitative estimate of drug-likeness (QED) is 0.701. The standard InChI is InChI=1S/C11H19NO2/c1-9(13)8-10(14)12-11(2)6-4-3-5-7-11/h3-8H2,1-2H3,(H,12,14). The molecule has 0 aliphatic heterocycles. The molecule has 0 atom stereocenters. The molecule has 0 aromatic carbocycles. The predicted molar refractivity (Wildman–Crippen MR) is 54.9 cm³/mol. The van der Waals surface area contributed by atoms with E-state index in [-0.39, 0.29) is 23.7 Å². The first kappa shape index (κ1) is 11.2. The van der Waals surface area contributed by atoms with E-state index < -0.39 is 0 Å². The van der Waals surface area contributed by atoms with Crippen molar-refractivity contribution in [2.45, 2.75) is 57.9 Å². The van der Waals surface area contributed by atoms with E-state index in [2.05, 4.69) is 12.2 Å². The van der Waals surface area contributed by atoms with Gasteiger partial charge in [0.05, 0.1) is 6.42 Å². The third kappa shape index (κ3) is 3.48. The average Bonchev–Trinajstić information content (AvgIpc) is 2.02. The first-order chi connectivity index (χ1) is 6.52. The summed E-state index contributed by atoms with van der Waals surface area (Å²) in [5, 5.41) is 2.97. The average molecular weight is 197 g/mol. The molecule has 1 aliphatic rings. The van der Waals surface area contributed by atoms with Crippen molar-refractivity contribution in [3.8, 4) is 0 Å². The predicted octanol–water partition coefficient (Wildman–Crippen LogP) is 1.80. The number of amides is 1. The van der Waals surface area contributed by atoms with Gasteiger partial charge in [0, 0.05) is 5.54 Å². The van der Waals surface area contributed by atoms with Gasteiger partial charge in [0.2, 0.25) is 5.91 Å². The highest BCUT2D eigenvalue weighted by atomic mass is 16.2. The molecule has 1 rings (SSSR count). The fourth-order valence-corrected chi connectivity index (χ4v) is 2.06. The topological polar surface area (TPSA) is 46.2 Å². The van der Waals surface area contributed by atoms with Crippen LogP contribution in [-0.4, -0.2) is 17.2 Å². The second kappa shape index (κ2) is 4.58. The van der Waals surface area contributed by atoms with Crippen LogP contribution in [0.3, 0.4) is 0 Å². The lowest BCUT2D eigenvalue weighted by molar-refractivity contribution is -0.128. The number of ketones is 1. The summed E-state index contributed by atoms with van der Waals surface area (Å²) in [5.41, 5.74) is -0.0647. The fourth-order valence-electron chi connectivity index (χ4n) is 2.06. The second-order valence-electron chi connectivity index (χ2n) is 4.55. The van der Waals surface area contributed by atoms with Crippen LogP contribution < -0.4 is 5.32 Å². The van der Waals surface area contributed by atoms with Crippen molar-refractivity contribution in [2.75, 3.05) is 0 Å². The summed E-state index contributed by atoms with van der Waals surface area (Å²) in [6.45, 7) is 3.52. The largest absolute Gasteiger partial charge is 0.351 e. The van der Waals surface area contributed by atoms with Crippen molar-refractivity contribution in [3.05, 3.63) is 0 Å². The maximum atomic E-state index is 11.4. The minimum Gasteiger partial charge on any atom is -0.351 e. The summed E-state index contributed by atoms with van der Waals surface area (Å²) in [7, 11) is 0. The molecule has 1 aliphatic carbocycles. The molecule has 0 unspecified atom stereocenters. The number of hydrogen-bond donors (Lipinski definition) is 1. The molecule has 1 fully saturated rings. The Kier molecular flexibility index (Phi) is 3.67. The van der Waals surface area contributed by atoms with Gasteiger partial charge in [-0.25, -0.2) is 0 Å².